The zero-order valence-corrected chi connectivity index (χ0v) is 15.2. The number of imidazole rings is 1. The number of halogens is 3. The minimum atomic E-state index is -2.91. The SMILES string of the molecule is FC(F)Oc1cccc2c1[C@H]1C[C@H](c3nc4ccccc4n31)N1C2=NCN1Cl. The van der Waals surface area contributed by atoms with E-state index in [1.54, 1.807) is 12.1 Å². The Morgan fingerprint density at radius 1 is 1.11 bits per heavy atom. The molecule has 0 saturated heterocycles. The molecule has 0 fully saturated rings. The van der Waals surface area contributed by atoms with Gasteiger partial charge < -0.3 is 9.30 Å². The van der Waals surface area contributed by atoms with Crippen LogP contribution in [0.5, 0.6) is 5.75 Å². The molecule has 6 nitrogen and oxygen atoms in total. The van der Waals surface area contributed by atoms with Crippen LogP contribution in [0.4, 0.5) is 8.78 Å². The number of hydrogen-bond donors (Lipinski definition) is 0. The number of para-hydroxylation sites is 2. The number of ether oxygens (including phenoxy) is 1. The van der Waals surface area contributed by atoms with Gasteiger partial charge in [0.2, 0.25) is 0 Å². The van der Waals surface area contributed by atoms with Crippen LogP contribution >= 0.6 is 11.8 Å². The van der Waals surface area contributed by atoms with E-state index in [9.17, 15) is 8.78 Å². The van der Waals surface area contributed by atoms with Crippen LogP contribution < -0.4 is 4.74 Å². The minimum Gasteiger partial charge on any atom is -0.434 e. The number of fused-ring (bicyclic) bond motifs is 6. The first-order valence-corrected chi connectivity index (χ1v) is 9.29. The Morgan fingerprint density at radius 3 is 2.82 bits per heavy atom. The lowest BCUT2D eigenvalue weighted by atomic mass is 9.97. The quantitative estimate of drug-likeness (QED) is 0.607. The van der Waals surface area contributed by atoms with Crippen LogP contribution in [0.25, 0.3) is 11.0 Å². The summed E-state index contributed by atoms with van der Waals surface area (Å²) in [5.41, 5.74) is 3.28. The number of rotatable bonds is 2. The number of nitrogens with zero attached hydrogens (tertiary/aromatic N) is 5. The predicted molar refractivity (Wildman–Crippen MR) is 99.2 cm³/mol. The molecule has 3 aliphatic rings. The van der Waals surface area contributed by atoms with Gasteiger partial charge in [0.1, 0.15) is 30.1 Å². The fourth-order valence-corrected chi connectivity index (χ4v) is 4.89. The number of benzene rings is 2. The molecule has 2 bridgehead atoms. The van der Waals surface area contributed by atoms with Gasteiger partial charge in [0.15, 0.2) is 0 Å². The largest absolute Gasteiger partial charge is 0.434 e. The molecule has 2 atom stereocenters. The van der Waals surface area contributed by atoms with Crippen LogP contribution in [0.1, 0.15) is 35.5 Å². The van der Waals surface area contributed by atoms with E-state index in [-0.39, 0.29) is 24.5 Å². The molecule has 3 aromatic rings. The van der Waals surface area contributed by atoms with Crippen molar-refractivity contribution < 1.29 is 13.5 Å². The van der Waals surface area contributed by atoms with Crippen molar-refractivity contribution in [3.63, 3.8) is 0 Å². The monoisotopic (exact) mass is 401 g/mol. The molecule has 1 aromatic heterocycles. The second-order valence-corrected chi connectivity index (χ2v) is 7.39. The van der Waals surface area contributed by atoms with Crippen molar-refractivity contribution in [1.29, 1.82) is 0 Å². The lowest BCUT2D eigenvalue weighted by molar-refractivity contribution is -0.0506. The van der Waals surface area contributed by atoms with E-state index in [2.05, 4.69) is 9.56 Å². The van der Waals surface area contributed by atoms with Gasteiger partial charge in [-0.2, -0.15) is 8.78 Å². The van der Waals surface area contributed by atoms with Crippen LogP contribution in [0.3, 0.4) is 0 Å². The first kappa shape index (κ1) is 16.3. The fourth-order valence-electron chi connectivity index (χ4n) is 4.66. The highest BCUT2D eigenvalue weighted by molar-refractivity contribution is 6.16. The van der Waals surface area contributed by atoms with E-state index in [0.717, 1.165) is 22.4 Å². The summed E-state index contributed by atoms with van der Waals surface area (Å²) in [6.07, 6.45) is 0.645. The Balaban J connectivity index is 1.68. The van der Waals surface area contributed by atoms with Gasteiger partial charge in [-0.15, -0.1) is 4.53 Å². The molecule has 0 aliphatic carbocycles. The maximum Gasteiger partial charge on any atom is 0.387 e. The van der Waals surface area contributed by atoms with Crippen molar-refractivity contribution >= 4 is 28.6 Å². The van der Waals surface area contributed by atoms with Gasteiger partial charge in [-0.1, -0.05) is 24.3 Å². The number of amidine groups is 1. The Morgan fingerprint density at radius 2 is 1.96 bits per heavy atom. The van der Waals surface area contributed by atoms with E-state index in [4.69, 9.17) is 21.5 Å². The molecule has 142 valence electrons. The average Bonchev–Trinajstić information content (AvgIpc) is 3.30. The number of hydrogen-bond acceptors (Lipinski definition) is 5. The van der Waals surface area contributed by atoms with Crippen molar-refractivity contribution in [2.45, 2.75) is 25.1 Å². The normalized spacial score (nSPS) is 22.9. The van der Waals surface area contributed by atoms with Crippen molar-refractivity contribution in [2.24, 2.45) is 4.99 Å². The van der Waals surface area contributed by atoms with E-state index in [1.807, 2.05) is 35.3 Å². The molecule has 3 aliphatic heterocycles. The van der Waals surface area contributed by atoms with Crippen molar-refractivity contribution in [3.05, 3.63) is 59.4 Å². The molecule has 0 saturated carbocycles. The minimum absolute atomic E-state index is 0.136. The van der Waals surface area contributed by atoms with Gasteiger partial charge in [0.25, 0.3) is 0 Å². The first-order chi connectivity index (χ1) is 13.6. The highest BCUT2D eigenvalue weighted by Crippen LogP contribution is 2.51. The lowest BCUT2D eigenvalue weighted by Gasteiger charge is -2.30. The van der Waals surface area contributed by atoms with E-state index in [1.165, 1.54) is 4.53 Å². The average molecular weight is 402 g/mol. The molecule has 0 radical (unpaired) electrons. The molecule has 4 heterocycles. The summed E-state index contributed by atoms with van der Waals surface area (Å²) in [7, 11) is 0. The zero-order valence-electron chi connectivity index (χ0n) is 14.5. The molecular weight excluding hydrogens is 388 g/mol. The van der Waals surface area contributed by atoms with Crippen molar-refractivity contribution in [3.8, 4) is 5.75 Å². The Labute approximate surface area is 163 Å². The maximum absolute atomic E-state index is 13.1. The summed E-state index contributed by atoms with van der Waals surface area (Å²) in [4.78, 5) is 9.39. The van der Waals surface area contributed by atoms with Crippen LogP contribution in [-0.2, 0) is 0 Å². The number of aromatic nitrogens is 2. The molecule has 6 rings (SSSR count). The maximum atomic E-state index is 13.1. The summed E-state index contributed by atoms with van der Waals surface area (Å²) < 4.78 is 34.8. The highest BCUT2D eigenvalue weighted by atomic mass is 35.5. The molecule has 28 heavy (non-hydrogen) atoms. The number of aliphatic imine (C=N–C) groups is 1. The Hall–Kier alpha value is -2.71. The Bertz CT molecular complexity index is 1150. The third kappa shape index (κ3) is 2.04. The molecule has 0 spiro atoms. The van der Waals surface area contributed by atoms with Gasteiger partial charge >= 0.3 is 6.61 Å². The first-order valence-electron chi connectivity index (χ1n) is 8.95. The van der Waals surface area contributed by atoms with Crippen molar-refractivity contribution in [1.82, 2.24) is 19.1 Å². The van der Waals surface area contributed by atoms with E-state index >= 15 is 0 Å². The summed E-state index contributed by atoms with van der Waals surface area (Å²) in [6.45, 7) is -2.62. The van der Waals surface area contributed by atoms with Gasteiger partial charge in [0.05, 0.1) is 17.1 Å². The number of hydrazine groups is 1. The molecule has 0 amide bonds. The fraction of sp³-hybridized carbons (Fsp3) is 0.263. The Kier molecular flexibility index (Phi) is 3.28. The smallest absolute Gasteiger partial charge is 0.387 e. The summed E-state index contributed by atoms with van der Waals surface area (Å²) in [5, 5.41) is 1.91. The number of alkyl halides is 2. The standard InChI is InChI=1S/C19H14ClF2N5O/c20-25-9-23-17-10-4-3-7-15(28-19(21)22)16(10)13-8-14(27(17)25)18-24-11-5-1-2-6-12(11)26(13)18/h1-7,13-14,19H,8-9H2/t13-,14-/m1/s1. The topological polar surface area (TPSA) is 45.9 Å². The van der Waals surface area contributed by atoms with Crippen LogP contribution in [0.2, 0.25) is 0 Å². The lowest BCUT2D eigenvalue weighted by Crippen LogP contribution is -2.38. The highest BCUT2D eigenvalue weighted by Gasteiger charge is 2.48. The third-order valence-electron chi connectivity index (χ3n) is 5.62. The second kappa shape index (κ2) is 5.65. The molecular formula is C19H14ClF2N5O. The van der Waals surface area contributed by atoms with Gasteiger partial charge in [0, 0.05) is 29.3 Å². The predicted octanol–water partition coefficient (Wildman–Crippen LogP) is 4.08. The van der Waals surface area contributed by atoms with E-state index in [0.29, 0.717) is 17.8 Å². The summed E-state index contributed by atoms with van der Waals surface area (Å²) in [5.74, 6) is 1.68. The van der Waals surface area contributed by atoms with Crippen LogP contribution in [0.15, 0.2) is 47.5 Å². The third-order valence-corrected chi connectivity index (χ3v) is 5.89. The molecule has 9 heteroatoms. The van der Waals surface area contributed by atoms with Crippen LogP contribution in [0, 0.1) is 0 Å². The zero-order chi connectivity index (χ0) is 19.0. The molecule has 0 unspecified atom stereocenters. The molecule has 2 aromatic carbocycles. The van der Waals surface area contributed by atoms with E-state index < -0.39 is 6.61 Å². The van der Waals surface area contributed by atoms with Crippen LogP contribution in [-0.4, -0.2) is 38.2 Å². The van der Waals surface area contributed by atoms with Crippen molar-refractivity contribution in [2.75, 3.05) is 6.67 Å². The summed E-state index contributed by atoms with van der Waals surface area (Å²) in [6, 6.07) is 12.7. The van der Waals surface area contributed by atoms with Gasteiger partial charge in [-0.25, -0.2) is 9.98 Å². The van der Waals surface area contributed by atoms with Gasteiger partial charge in [-0.05, 0) is 18.2 Å². The second-order valence-electron chi connectivity index (χ2n) is 7.00. The summed E-state index contributed by atoms with van der Waals surface area (Å²) >= 11 is 6.46. The van der Waals surface area contributed by atoms with Gasteiger partial charge in [-0.3, -0.25) is 5.01 Å². The molecule has 0 N–H and O–H groups in total.